The van der Waals surface area contributed by atoms with Crippen molar-refractivity contribution in [3.8, 4) is 11.3 Å². The predicted octanol–water partition coefficient (Wildman–Crippen LogP) is 7.10. The summed E-state index contributed by atoms with van der Waals surface area (Å²) < 4.78 is 66.7. The Labute approximate surface area is 281 Å². The van der Waals surface area contributed by atoms with Crippen molar-refractivity contribution in [2.24, 2.45) is 0 Å². The molecule has 1 aromatic heterocycles. The van der Waals surface area contributed by atoms with Gasteiger partial charge in [0.05, 0.1) is 21.1 Å². The van der Waals surface area contributed by atoms with E-state index in [2.05, 4.69) is 15.2 Å². The fraction of sp³-hybridized carbons (Fsp3) is 0.273. The van der Waals surface area contributed by atoms with E-state index < -0.39 is 43.2 Å². The van der Waals surface area contributed by atoms with Crippen LogP contribution in [0.1, 0.15) is 35.2 Å². The van der Waals surface area contributed by atoms with E-state index in [1.54, 1.807) is 11.8 Å². The zero-order valence-electron chi connectivity index (χ0n) is 26.1. The van der Waals surface area contributed by atoms with Crippen molar-refractivity contribution in [2.75, 3.05) is 31.7 Å². The Morgan fingerprint density at radius 1 is 1.00 bits per heavy atom. The molecule has 3 aromatic carbocycles. The smallest absolute Gasteiger partial charge is 0.376 e. The lowest BCUT2D eigenvalue weighted by Gasteiger charge is -2.20. The van der Waals surface area contributed by atoms with Crippen LogP contribution in [-0.2, 0) is 16.2 Å². The van der Waals surface area contributed by atoms with Gasteiger partial charge in [-0.2, -0.15) is 13.2 Å². The molecular weight excluding hydrogens is 668 g/mol. The molecule has 0 saturated carbocycles. The van der Waals surface area contributed by atoms with Crippen LogP contribution in [-0.4, -0.2) is 61.6 Å². The monoisotopic (exact) mass is 701 g/mol. The summed E-state index contributed by atoms with van der Waals surface area (Å²) in [5.41, 5.74) is -0.646. The molecule has 10 nitrogen and oxygen atoms in total. The number of nitrogens with zero attached hydrogens (tertiary/aromatic N) is 3. The number of nitro groups is 1. The lowest BCUT2D eigenvalue weighted by molar-refractivity contribution is -0.384. The summed E-state index contributed by atoms with van der Waals surface area (Å²) in [6.07, 6.45) is -1.30. The van der Waals surface area contributed by atoms with Crippen molar-refractivity contribution < 1.29 is 31.3 Å². The molecule has 0 aliphatic rings. The molecule has 0 saturated heterocycles. The van der Waals surface area contributed by atoms with Crippen molar-refractivity contribution in [3.63, 3.8) is 0 Å². The third-order valence-corrected chi connectivity index (χ3v) is 9.70. The molecule has 0 spiro atoms. The van der Waals surface area contributed by atoms with E-state index in [0.717, 1.165) is 42.8 Å². The van der Waals surface area contributed by atoms with E-state index in [1.165, 1.54) is 42.5 Å². The largest absolute Gasteiger partial charge is 0.417 e. The van der Waals surface area contributed by atoms with Crippen LogP contribution in [0.5, 0.6) is 0 Å². The van der Waals surface area contributed by atoms with Crippen molar-refractivity contribution in [1.82, 2.24) is 14.6 Å². The highest BCUT2D eigenvalue weighted by molar-refractivity contribution is 7.99. The van der Waals surface area contributed by atoms with Gasteiger partial charge in [-0.15, -0.1) is 11.8 Å². The Kier molecular flexibility index (Phi) is 12.2. The highest BCUT2D eigenvalue weighted by atomic mass is 32.2. The summed E-state index contributed by atoms with van der Waals surface area (Å²) in [5, 5.41) is 15.3. The number of nitro benzene ring substituents is 1. The first-order valence-electron chi connectivity index (χ1n) is 14.8. The normalized spacial score (nSPS) is 12.5. The summed E-state index contributed by atoms with van der Waals surface area (Å²) in [7, 11) is -0.544. The topological polar surface area (TPSA) is 135 Å². The minimum Gasteiger partial charge on any atom is -0.376 e. The van der Waals surface area contributed by atoms with Crippen LogP contribution in [0.15, 0.2) is 101 Å². The van der Waals surface area contributed by atoms with Gasteiger partial charge in [0.2, 0.25) is 0 Å². The van der Waals surface area contributed by atoms with Gasteiger partial charge in [0.25, 0.3) is 21.6 Å². The van der Waals surface area contributed by atoms with Crippen LogP contribution in [0.4, 0.5) is 24.5 Å². The first-order valence-corrected chi connectivity index (χ1v) is 17.3. The second kappa shape index (κ2) is 16.1. The minimum absolute atomic E-state index is 0.0601. The number of sulfonamides is 1. The molecule has 0 fully saturated rings. The molecule has 0 unspecified atom stereocenters. The Hall–Kier alpha value is -4.47. The molecular formula is C33H34F3N5O5S2. The van der Waals surface area contributed by atoms with Crippen LogP contribution in [0.3, 0.4) is 0 Å². The van der Waals surface area contributed by atoms with E-state index >= 15 is 0 Å². The molecule has 0 aliphatic carbocycles. The zero-order chi connectivity index (χ0) is 34.9. The standard InChI is InChI=1S/C33H34F3N5O5S2/c1-40(2)19-7-6-8-26(22-47-27-9-4-3-5-10-27)38-30-18-16-28(20-31(30)41(43)44)48(45,46)39-32(42)24-13-11-23(12-14-24)29-17-15-25(21-37-29)33(34,35)36/h3-5,9-18,20-21,26,38H,6-8,19,22H2,1-2H3,(H,39,42)/t26-/m1/s1. The number of aromatic nitrogens is 1. The second-order valence-electron chi connectivity index (χ2n) is 11.1. The fourth-order valence-electron chi connectivity index (χ4n) is 4.67. The second-order valence-corrected chi connectivity index (χ2v) is 13.9. The molecule has 4 aromatic rings. The number of halogens is 3. The molecule has 0 radical (unpaired) electrons. The maximum absolute atomic E-state index is 13.1. The number of rotatable bonds is 15. The number of thioether (sulfide) groups is 1. The Morgan fingerprint density at radius 3 is 2.31 bits per heavy atom. The number of unbranched alkanes of at least 4 members (excludes halogenated alkanes) is 1. The lowest BCUT2D eigenvalue weighted by Crippen LogP contribution is -2.30. The molecule has 4 rings (SSSR count). The van der Waals surface area contributed by atoms with Crippen LogP contribution in [0.25, 0.3) is 11.3 Å². The summed E-state index contributed by atoms with van der Waals surface area (Å²) in [6.45, 7) is 0.900. The number of benzene rings is 3. The molecule has 1 heterocycles. The van der Waals surface area contributed by atoms with Crippen molar-refractivity contribution in [1.29, 1.82) is 0 Å². The van der Waals surface area contributed by atoms with Gasteiger partial charge < -0.3 is 10.2 Å². The Bertz CT molecular complexity index is 1810. The van der Waals surface area contributed by atoms with Gasteiger partial charge in [0.1, 0.15) is 5.69 Å². The van der Waals surface area contributed by atoms with Gasteiger partial charge in [0, 0.05) is 40.1 Å². The molecule has 15 heteroatoms. The first kappa shape index (κ1) is 36.4. The maximum Gasteiger partial charge on any atom is 0.417 e. The molecule has 1 atom stereocenters. The highest BCUT2D eigenvalue weighted by Gasteiger charge is 2.31. The Balaban J connectivity index is 1.47. The maximum atomic E-state index is 13.1. The number of carbonyl (C=O) groups excluding carboxylic acids is 1. The summed E-state index contributed by atoms with van der Waals surface area (Å²) in [4.78, 5) is 30.7. The van der Waals surface area contributed by atoms with Gasteiger partial charge in [0.15, 0.2) is 0 Å². The van der Waals surface area contributed by atoms with Crippen LogP contribution < -0.4 is 10.0 Å². The van der Waals surface area contributed by atoms with Crippen LogP contribution in [0.2, 0.25) is 0 Å². The van der Waals surface area contributed by atoms with Gasteiger partial charge in [-0.1, -0.05) is 36.8 Å². The molecule has 48 heavy (non-hydrogen) atoms. The lowest BCUT2D eigenvalue weighted by atomic mass is 10.1. The molecule has 1 amide bonds. The quantitative estimate of drug-likeness (QED) is 0.0576. The van der Waals surface area contributed by atoms with Crippen molar-refractivity contribution in [3.05, 3.63) is 112 Å². The average Bonchev–Trinajstić information content (AvgIpc) is 3.05. The van der Waals surface area contributed by atoms with Gasteiger partial charge in [-0.25, -0.2) is 13.1 Å². The number of carbonyl (C=O) groups is 1. The molecule has 0 aliphatic heterocycles. The van der Waals surface area contributed by atoms with Crippen LogP contribution in [0, 0.1) is 10.1 Å². The number of hydrogen-bond acceptors (Lipinski definition) is 9. The van der Waals surface area contributed by atoms with E-state index in [4.69, 9.17) is 0 Å². The molecule has 0 bridgehead atoms. The number of nitrogens with one attached hydrogen (secondary N) is 2. The van der Waals surface area contributed by atoms with Gasteiger partial charge in [-0.3, -0.25) is 19.9 Å². The number of anilines is 1. The third kappa shape index (κ3) is 10.3. The summed E-state index contributed by atoms with van der Waals surface area (Å²) in [6, 6.07) is 20.5. The van der Waals surface area contributed by atoms with E-state index in [1.807, 2.05) is 49.1 Å². The molecule has 254 valence electrons. The average molecular weight is 702 g/mol. The number of hydrogen-bond donors (Lipinski definition) is 2. The SMILES string of the molecule is CN(C)CCCC[C@H](CSc1ccccc1)Nc1ccc(S(=O)(=O)NC(=O)c2ccc(-c3ccc(C(F)(F)F)cn3)cc2)cc1[N+](=O)[O-]. The molecule has 2 N–H and O–H groups in total. The summed E-state index contributed by atoms with van der Waals surface area (Å²) in [5.74, 6) is -0.380. The number of amides is 1. The number of alkyl halides is 3. The zero-order valence-corrected chi connectivity index (χ0v) is 27.7. The van der Waals surface area contributed by atoms with Crippen LogP contribution >= 0.6 is 11.8 Å². The van der Waals surface area contributed by atoms with Gasteiger partial charge >= 0.3 is 6.18 Å². The summed E-state index contributed by atoms with van der Waals surface area (Å²) >= 11 is 1.61. The van der Waals surface area contributed by atoms with E-state index in [-0.39, 0.29) is 23.0 Å². The first-order chi connectivity index (χ1) is 22.7. The van der Waals surface area contributed by atoms with Crippen molar-refractivity contribution >= 4 is 39.1 Å². The van der Waals surface area contributed by atoms with Gasteiger partial charge in [-0.05, 0) is 82.0 Å². The fourth-order valence-corrected chi connectivity index (χ4v) is 6.65. The Morgan fingerprint density at radius 2 is 1.71 bits per heavy atom. The number of pyridine rings is 1. The van der Waals surface area contributed by atoms with E-state index in [9.17, 15) is 36.5 Å². The third-order valence-electron chi connectivity index (χ3n) is 7.20. The predicted molar refractivity (Wildman–Crippen MR) is 179 cm³/mol. The minimum atomic E-state index is -4.54. The van der Waals surface area contributed by atoms with E-state index in [0.29, 0.717) is 17.5 Å². The highest BCUT2D eigenvalue weighted by Crippen LogP contribution is 2.31. The van der Waals surface area contributed by atoms with Crippen molar-refractivity contribution in [2.45, 2.75) is 41.3 Å².